The molecule has 1 amide bonds. The van der Waals surface area contributed by atoms with Crippen LogP contribution in [0.25, 0.3) is 0 Å². The number of hydrogen-bond donors (Lipinski definition) is 0. The molecule has 1 aromatic heterocycles. The second-order valence-corrected chi connectivity index (χ2v) is 11.9. The van der Waals surface area contributed by atoms with E-state index in [9.17, 15) is 13.6 Å². The first-order valence-corrected chi connectivity index (χ1v) is 13.5. The summed E-state index contributed by atoms with van der Waals surface area (Å²) >= 11 is 0. The van der Waals surface area contributed by atoms with E-state index in [4.69, 9.17) is 9.47 Å². The molecule has 1 saturated carbocycles. The largest absolute Gasteiger partial charge is 0.379 e. The van der Waals surface area contributed by atoms with E-state index in [1.165, 1.54) is 6.07 Å². The van der Waals surface area contributed by atoms with Gasteiger partial charge in [-0.3, -0.25) is 4.79 Å². The number of hydrogen-bond acceptors (Lipinski definition) is 6. The molecular weight excluding hydrogens is 466 g/mol. The summed E-state index contributed by atoms with van der Waals surface area (Å²) in [6.07, 6.45) is 7.22. The minimum atomic E-state index is -2.96. The van der Waals surface area contributed by atoms with Crippen LogP contribution < -0.4 is 4.90 Å². The molecular formula is C27H40F2N4O3. The standard InChI is InChI=1S/C27H40F2N4O3/c1-17(2)27(7-5-18(12-27)9-19-6-8-36-16-23(19)35-4)25(34)33-15-21-11-22(33)14-32(21)24-10-20(13-30-31-24)26(3,28)29/h10,13,17-19,21-23H,5-9,11-12,14-16H2,1-4H3/t18-,19+,21+,22+,23+,27-/m0/s1. The van der Waals surface area contributed by atoms with Crippen molar-refractivity contribution in [2.45, 2.75) is 83.4 Å². The van der Waals surface area contributed by atoms with Gasteiger partial charge in [-0.2, -0.15) is 5.10 Å². The lowest BCUT2D eigenvalue weighted by molar-refractivity contribution is -0.146. The highest BCUT2D eigenvalue weighted by atomic mass is 19.3. The number of nitrogens with zero attached hydrogens (tertiary/aromatic N) is 4. The topological polar surface area (TPSA) is 67.8 Å². The predicted octanol–water partition coefficient (Wildman–Crippen LogP) is 4.26. The molecule has 0 aromatic carbocycles. The van der Waals surface area contributed by atoms with E-state index in [1.54, 1.807) is 7.11 Å². The number of ether oxygens (including phenoxy) is 2. The van der Waals surface area contributed by atoms with Crippen LogP contribution in [0.15, 0.2) is 12.3 Å². The Morgan fingerprint density at radius 3 is 2.78 bits per heavy atom. The highest BCUT2D eigenvalue weighted by Gasteiger charge is 2.54. The van der Waals surface area contributed by atoms with Crippen LogP contribution in [0, 0.1) is 23.2 Å². The lowest BCUT2D eigenvalue weighted by atomic mass is 9.73. The third-order valence-electron chi connectivity index (χ3n) is 9.51. The molecule has 0 N–H and O–H groups in total. The molecule has 7 nitrogen and oxygen atoms in total. The third-order valence-corrected chi connectivity index (χ3v) is 9.51. The lowest BCUT2D eigenvalue weighted by Crippen LogP contribution is -2.54. The van der Waals surface area contributed by atoms with Crippen LogP contribution in [-0.2, 0) is 20.2 Å². The van der Waals surface area contributed by atoms with Gasteiger partial charge in [-0.1, -0.05) is 13.8 Å². The number of carbonyl (C=O) groups is 1. The fourth-order valence-corrected chi connectivity index (χ4v) is 7.28. The smallest absolute Gasteiger partial charge is 0.272 e. The molecule has 9 heteroatoms. The Morgan fingerprint density at radius 2 is 2.11 bits per heavy atom. The number of piperazine rings is 1. The van der Waals surface area contributed by atoms with Gasteiger partial charge >= 0.3 is 0 Å². The van der Waals surface area contributed by atoms with Crippen LogP contribution in [0.4, 0.5) is 14.6 Å². The second-order valence-electron chi connectivity index (χ2n) is 11.9. The maximum Gasteiger partial charge on any atom is 0.272 e. The number of methoxy groups -OCH3 is 1. The lowest BCUT2D eigenvalue weighted by Gasteiger charge is -2.42. The van der Waals surface area contributed by atoms with Crippen molar-refractivity contribution in [1.29, 1.82) is 0 Å². The molecule has 1 aromatic rings. The SMILES string of the molecule is CO[C@@H]1COCC[C@@H]1C[C@@H]1CC[C@@](C(=O)N2C[C@H]3C[C@@H]2CN3c2cc(C(C)(F)F)cnn2)(C(C)C)C1. The average Bonchev–Trinajstić information content (AvgIpc) is 3.58. The Bertz CT molecular complexity index is 957. The quantitative estimate of drug-likeness (QED) is 0.551. The van der Waals surface area contributed by atoms with Crippen LogP contribution in [-0.4, -0.2) is 72.6 Å². The molecule has 5 rings (SSSR count). The van der Waals surface area contributed by atoms with E-state index >= 15 is 0 Å². The first kappa shape index (κ1) is 25.8. The highest BCUT2D eigenvalue weighted by Crippen LogP contribution is 2.52. The van der Waals surface area contributed by atoms with E-state index in [2.05, 4.69) is 33.8 Å². The van der Waals surface area contributed by atoms with Gasteiger partial charge in [-0.15, -0.1) is 5.10 Å². The summed E-state index contributed by atoms with van der Waals surface area (Å²) in [6.45, 7) is 7.98. The zero-order valence-electron chi connectivity index (χ0n) is 22.0. The van der Waals surface area contributed by atoms with Gasteiger partial charge in [0.25, 0.3) is 5.92 Å². The predicted molar refractivity (Wildman–Crippen MR) is 132 cm³/mol. The normalized spacial score (nSPS) is 34.7. The van der Waals surface area contributed by atoms with Crippen molar-refractivity contribution in [3.8, 4) is 0 Å². The van der Waals surface area contributed by atoms with Crippen LogP contribution in [0.1, 0.15) is 64.9 Å². The van der Waals surface area contributed by atoms with Gasteiger partial charge in [0.1, 0.15) is 0 Å². The monoisotopic (exact) mass is 506 g/mol. The molecule has 0 radical (unpaired) electrons. The van der Waals surface area contributed by atoms with Gasteiger partial charge < -0.3 is 19.3 Å². The number of aromatic nitrogens is 2. The maximum absolute atomic E-state index is 14.1. The fraction of sp³-hybridized carbons (Fsp3) is 0.815. The summed E-state index contributed by atoms with van der Waals surface area (Å²) in [5.74, 6) is -0.882. The summed E-state index contributed by atoms with van der Waals surface area (Å²) in [7, 11) is 1.77. The van der Waals surface area contributed by atoms with E-state index < -0.39 is 5.92 Å². The number of alkyl halides is 2. The molecule has 6 atom stereocenters. The minimum absolute atomic E-state index is 0.0955. The summed E-state index contributed by atoms with van der Waals surface area (Å²) in [5.41, 5.74) is -0.447. The van der Waals surface area contributed by atoms with Gasteiger partial charge in [0.05, 0.1) is 36.4 Å². The van der Waals surface area contributed by atoms with Crippen molar-refractivity contribution in [2.75, 3.05) is 38.3 Å². The van der Waals surface area contributed by atoms with Gasteiger partial charge in [0, 0.05) is 39.3 Å². The number of halogens is 2. The zero-order chi connectivity index (χ0) is 25.7. The van der Waals surface area contributed by atoms with E-state index in [0.29, 0.717) is 43.3 Å². The van der Waals surface area contributed by atoms with Crippen LogP contribution in [0.5, 0.6) is 0 Å². The number of rotatable bonds is 7. The fourth-order valence-electron chi connectivity index (χ4n) is 7.28. The van der Waals surface area contributed by atoms with Gasteiger partial charge in [0.2, 0.25) is 5.91 Å². The third kappa shape index (κ3) is 4.62. The highest BCUT2D eigenvalue weighted by molar-refractivity contribution is 5.84. The molecule has 1 aliphatic carbocycles. The molecule has 4 aliphatic rings. The number of fused-ring (bicyclic) bond motifs is 2. The van der Waals surface area contributed by atoms with Crippen molar-refractivity contribution < 1.29 is 23.0 Å². The average molecular weight is 507 g/mol. The Kier molecular flexibility index (Phi) is 7.00. The molecule has 3 saturated heterocycles. The Balaban J connectivity index is 1.26. The molecule has 4 heterocycles. The van der Waals surface area contributed by atoms with Crippen molar-refractivity contribution >= 4 is 11.7 Å². The molecule has 3 aliphatic heterocycles. The zero-order valence-corrected chi connectivity index (χ0v) is 22.0. The van der Waals surface area contributed by atoms with E-state index in [1.807, 2.05) is 0 Å². The summed E-state index contributed by atoms with van der Waals surface area (Å²) in [4.78, 5) is 18.3. The molecule has 4 fully saturated rings. The Morgan fingerprint density at radius 1 is 1.31 bits per heavy atom. The summed E-state index contributed by atoms with van der Waals surface area (Å²) < 4.78 is 39.0. The number of carbonyl (C=O) groups excluding carboxylic acids is 1. The van der Waals surface area contributed by atoms with Crippen LogP contribution in [0.2, 0.25) is 0 Å². The molecule has 0 spiro atoms. The van der Waals surface area contributed by atoms with E-state index in [0.717, 1.165) is 58.3 Å². The summed E-state index contributed by atoms with van der Waals surface area (Å²) in [5, 5.41) is 7.97. The van der Waals surface area contributed by atoms with E-state index in [-0.39, 0.29) is 35.1 Å². The van der Waals surface area contributed by atoms with Crippen LogP contribution in [0.3, 0.4) is 0 Å². The number of anilines is 1. The van der Waals surface area contributed by atoms with Gasteiger partial charge in [-0.05, 0) is 62.3 Å². The molecule has 36 heavy (non-hydrogen) atoms. The van der Waals surface area contributed by atoms with Gasteiger partial charge in [-0.25, -0.2) is 8.78 Å². The maximum atomic E-state index is 14.1. The van der Waals surface area contributed by atoms with Gasteiger partial charge in [0.15, 0.2) is 5.82 Å². The summed E-state index contributed by atoms with van der Waals surface area (Å²) in [6, 6.07) is 1.64. The molecule has 200 valence electrons. The van der Waals surface area contributed by atoms with Crippen molar-refractivity contribution in [2.24, 2.45) is 23.2 Å². The molecule has 0 unspecified atom stereocenters. The van der Waals surface area contributed by atoms with Crippen molar-refractivity contribution in [3.05, 3.63) is 17.8 Å². The van der Waals surface area contributed by atoms with Crippen molar-refractivity contribution in [1.82, 2.24) is 15.1 Å². The number of likely N-dealkylation sites (tertiary alicyclic amines) is 1. The van der Waals surface area contributed by atoms with Crippen LogP contribution >= 0.6 is 0 Å². The minimum Gasteiger partial charge on any atom is -0.379 e. The van der Waals surface area contributed by atoms with Crippen molar-refractivity contribution in [3.63, 3.8) is 0 Å². The Hall–Kier alpha value is -1.87. The first-order chi connectivity index (χ1) is 17.1. The molecule has 2 bridgehead atoms. The first-order valence-electron chi connectivity index (χ1n) is 13.5. The Labute approximate surface area is 212 Å². The second kappa shape index (κ2) is 9.78. The number of amides is 1.